The highest BCUT2D eigenvalue weighted by molar-refractivity contribution is 7.80. The van der Waals surface area contributed by atoms with Crippen molar-refractivity contribution in [1.29, 1.82) is 0 Å². The van der Waals surface area contributed by atoms with Crippen molar-refractivity contribution in [1.82, 2.24) is 5.32 Å². The fourth-order valence-corrected chi connectivity index (χ4v) is 4.11. The van der Waals surface area contributed by atoms with E-state index in [0.29, 0.717) is 10.9 Å². The summed E-state index contributed by atoms with van der Waals surface area (Å²) in [6.45, 7) is 6.08. The van der Waals surface area contributed by atoms with Crippen LogP contribution in [0.3, 0.4) is 0 Å². The van der Waals surface area contributed by atoms with Gasteiger partial charge < -0.3 is 15.8 Å². The van der Waals surface area contributed by atoms with Gasteiger partial charge in [0, 0.05) is 0 Å². The lowest BCUT2D eigenvalue weighted by Crippen LogP contribution is -2.52. The average Bonchev–Trinajstić information content (AvgIpc) is 2.70. The van der Waals surface area contributed by atoms with Crippen LogP contribution in [0.1, 0.15) is 52.9 Å². The van der Waals surface area contributed by atoms with Crippen molar-refractivity contribution in [2.45, 2.75) is 71.1 Å². The average molecular weight is 312 g/mol. The van der Waals surface area contributed by atoms with Gasteiger partial charge in [0.2, 0.25) is 5.91 Å². The Morgan fingerprint density at radius 3 is 2.29 bits per heavy atom. The van der Waals surface area contributed by atoms with Crippen molar-refractivity contribution in [3.63, 3.8) is 0 Å². The Balaban J connectivity index is 2.02. The largest absolute Gasteiger partial charge is 0.392 e. The van der Waals surface area contributed by atoms with Gasteiger partial charge in [0.15, 0.2) is 0 Å². The Kier molecular flexibility index (Phi) is 5.60. The summed E-state index contributed by atoms with van der Waals surface area (Å²) in [4.78, 5) is 13.1. The molecule has 3 N–H and O–H groups in total. The zero-order chi connectivity index (χ0) is 15.6. The number of carbonyl (C=O) groups is 1. The molecule has 4 nitrogen and oxygen atoms in total. The number of nitrogens with one attached hydrogen (secondary N) is 1. The van der Waals surface area contributed by atoms with Crippen LogP contribution in [0.25, 0.3) is 0 Å². The van der Waals surface area contributed by atoms with Crippen molar-refractivity contribution < 1.29 is 9.53 Å². The molecule has 5 heteroatoms. The van der Waals surface area contributed by atoms with Crippen LogP contribution < -0.4 is 11.1 Å². The van der Waals surface area contributed by atoms with E-state index in [1.165, 1.54) is 19.3 Å². The number of nitrogens with two attached hydrogens (primary N) is 1. The second-order valence-electron chi connectivity index (χ2n) is 6.72. The van der Waals surface area contributed by atoms with E-state index >= 15 is 0 Å². The fourth-order valence-electron chi connectivity index (χ4n) is 3.86. The maximum atomic E-state index is 12.7. The van der Waals surface area contributed by atoms with E-state index < -0.39 is 0 Å². The van der Waals surface area contributed by atoms with Crippen LogP contribution in [0.2, 0.25) is 0 Å². The minimum Gasteiger partial charge on any atom is -0.392 e. The number of hydrogen-bond acceptors (Lipinski definition) is 3. The SMILES string of the molecule is CC1OC(C)C(C(=O)NC(C(N)=S)C2CCCCC2)C1C. The number of ether oxygens (including phenoxy) is 1. The summed E-state index contributed by atoms with van der Waals surface area (Å²) in [5.41, 5.74) is 5.90. The highest BCUT2D eigenvalue weighted by Gasteiger charge is 2.42. The summed E-state index contributed by atoms with van der Waals surface area (Å²) < 4.78 is 5.77. The summed E-state index contributed by atoms with van der Waals surface area (Å²) in [5, 5.41) is 3.12. The van der Waals surface area contributed by atoms with E-state index in [-0.39, 0.29) is 36.0 Å². The number of rotatable bonds is 4. The Labute approximate surface area is 133 Å². The van der Waals surface area contributed by atoms with Crippen LogP contribution in [-0.4, -0.2) is 29.1 Å². The molecule has 120 valence electrons. The van der Waals surface area contributed by atoms with Crippen LogP contribution in [0.15, 0.2) is 0 Å². The van der Waals surface area contributed by atoms with Gasteiger partial charge in [-0.2, -0.15) is 0 Å². The van der Waals surface area contributed by atoms with E-state index in [1.807, 2.05) is 13.8 Å². The Bertz CT molecular complexity index is 396. The number of hydrogen-bond donors (Lipinski definition) is 2. The molecule has 21 heavy (non-hydrogen) atoms. The van der Waals surface area contributed by atoms with Gasteiger partial charge in [-0.25, -0.2) is 0 Å². The third kappa shape index (κ3) is 3.75. The highest BCUT2D eigenvalue weighted by atomic mass is 32.1. The lowest BCUT2D eigenvalue weighted by atomic mass is 9.83. The second-order valence-corrected chi connectivity index (χ2v) is 7.19. The van der Waals surface area contributed by atoms with Gasteiger partial charge in [-0.3, -0.25) is 4.79 Å². The van der Waals surface area contributed by atoms with Crippen molar-refractivity contribution in [2.75, 3.05) is 0 Å². The molecule has 1 amide bonds. The maximum absolute atomic E-state index is 12.7. The molecule has 1 saturated carbocycles. The summed E-state index contributed by atoms with van der Waals surface area (Å²) in [7, 11) is 0. The number of amides is 1. The lowest BCUT2D eigenvalue weighted by Gasteiger charge is -2.31. The molecule has 0 aromatic carbocycles. The maximum Gasteiger partial charge on any atom is 0.226 e. The van der Waals surface area contributed by atoms with Gasteiger partial charge in [0.05, 0.1) is 29.2 Å². The molecule has 5 atom stereocenters. The lowest BCUT2D eigenvalue weighted by molar-refractivity contribution is -0.127. The third-order valence-electron chi connectivity index (χ3n) is 5.27. The topological polar surface area (TPSA) is 64.3 Å². The van der Waals surface area contributed by atoms with Gasteiger partial charge in [0.25, 0.3) is 0 Å². The predicted molar refractivity (Wildman–Crippen MR) is 88.0 cm³/mol. The third-order valence-corrected chi connectivity index (χ3v) is 5.52. The molecule has 2 aliphatic rings. The second kappa shape index (κ2) is 7.05. The van der Waals surface area contributed by atoms with Crippen LogP contribution in [0.4, 0.5) is 0 Å². The number of thiocarbonyl (C=S) groups is 1. The standard InChI is InChI=1S/C16H28N2O2S/c1-9-10(2)20-11(3)13(9)16(19)18-14(15(17)21)12-7-5-4-6-8-12/h9-14H,4-8H2,1-3H3,(H2,17,21)(H,18,19). The van der Waals surface area contributed by atoms with Crippen molar-refractivity contribution >= 4 is 23.1 Å². The predicted octanol–water partition coefficient (Wildman–Crippen LogP) is 2.40. The number of carbonyl (C=O) groups excluding carboxylic acids is 1. The van der Waals surface area contributed by atoms with Crippen LogP contribution >= 0.6 is 12.2 Å². The van der Waals surface area contributed by atoms with E-state index in [1.54, 1.807) is 0 Å². The van der Waals surface area contributed by atoms with E-state index in [0.717, 1.165) is 12.8 Å². The van der Waals surface area contributed by atoms with Gasteiger partial charge in [-0.15, -0.1) is 0 Å². The first-order valence-electron chi connectivity index (χ1n) is 8.17. The van der Waals surface area contributed by atoms with Crippen molar-refractivity contribution in [3.05, 3.63) is 0 Å². The van der Waals surface area contributed by atoms with Crippen molar-refractivity contribution in [2.24, 2.45) is 23.5 Å². The molecular formula is C16H28N2O2S. The first-order chi connectivity index (χ1) is 9.91. The first-order valence-corrected chi connectivity index (χ1v) is 8.57. The van der Waals surface area contributed by atoms with Gasteiger partial charge >= 0.3 is 0 Å². The monoisotopic (exact) mass is 312 g/mol. The quantitative estimate of drug-likeness (QED) is 0.782. The summed E-state index contributed by atoms with van der Waals surface area (Å²) in [5.74, 6) is 0.548. The van der Waals surface area contributed by atoms with Crippen LogP contribution in [0, 0.1) is 17.8 Å². The highest BCUT2D eigenvalue weighted by Crippen LogP contribution is 2.33. The molecule has 0 aromatic rings. The molecule has 1 aliphatic carbocycles. The van der Waals surface area contributed by atoms with Gasteiger partial charge in [0.1, 0.15) is 0 Å². The molecule has 2 rings (SSSR count). The summed E-state index contributed by atoms with van der Waals surface area (Å²) in [6, 6.07) is -0.164. The zero-order valence-electron chi connectivity index (χ0n) is 13.3. The van der Waals surface area contributed by atoms with Crippen LogP contribution in [0.5, 0.6) is 0 Å². The first kappa shape index (κ1) is 16.7. The van der Waals surface area contributed by atoms with Gasteiger partial charge in [-0.1, -0.05) is 38.4 Å². The minimum atomic E-state index is -0.164. The summed E-state index contributed by atoms with van der Waals surface area (Å²) in [6.07, 6.45) is 5.96. The molecule has 1 aliphatic heterocycles. The fraction of sp³-hybridized carbons (Fsp3) is 0.875. The Hall–Kier alpha value is -0.680. The normalized spacial score (nSPS) is 35.4. The minimum absolute atomic E-state index is 0.0442. The summed E-state index contributed by atoms with van der Waals surface area (Å²) >= 11 is 5.20. The van der Waals surface area contributed by atoms with Crippen molar-refractivity contribution in [3.8, 4) is 0 Å². The molecule has 0 aromatic heterocycles. The molecule has 0 spiro atoms. The zero-order valence-corrected chi connectivity index (χ0v) is 14.1. The molecule has 5 unspecified atom stereocenters. The molecular weight excluding hydrogens is 284 g/mol. The van der Waals surface area contributed by atoms with E-state index in [9.17, 15) is 4.79 Å². The van der Waals surface area contributed by atoms with E-state index in [4.69, 9.17) is 22.7 Å². The Morgan fingerprint density at radius 1 is 1.19 bits per heavy atom. The molecule has 1 heterocycles. The molecule has 1 saturated heterocycles. The molecule has 2 fully saturated rings. The van der Waals surface area contributed by atoms with Crippen LogP contribution in [-0.2, 0) is 9.53 Å². The molecule has 0 radical (unpaired) electrons. The smallest absolute Gasteiger partial charge is 0.226 e. The van der Waals surface area contributed by atoms with Gasteiger partial charge in [-0.05, 0) is 38.5 Å². The Morgan fingerprint density at radius 2 is 1.81 bits per heavy atom. The molecule has 0 bridgehead atoms. The van der Waals surface area contributed by atoms with E-state index in [2.05, 4.69) is 12.2 Å².